The van der Waals surface area contributed by atoms with Gasteiger partial charge in [0.25, 0.3) is 5.91 Å². The van der Waals surface area contributed by atoms with Gasteiger partial charge in [-0.15, -0.1) is 0 Å². The SMILES string of the molecule is COc1cc(C=C2SC(=S)N(C(C)C(=O)[O-])C2=O)ccc1OCc1ccc(C)cc1. The molecule has 0 spiro atoms. The summed E-state index contributed by atoms with van der Waals surface area (Å²) in [4.78, 5) is 25.1. The Labute approximate surface area is 184 Å². The molecule has 1 unspecified atom stereocenters. The Morgan fingerprint density at radius 1 is 1.23 bits per heavy atom. The van der Waals surface area contributed by atoms with Crippen LogP contribution in [0.25, 0.3) is 6.08 Å². The van der Waals surface area contributed by atoms with Crippen molar-refractivity contribution in [2.24, 2.45) is 0 Å². The summed E-state index contributed by atoms with van der Waals surface area (Å²) in [6.45, 7) is 3.79. The summed E-state index contributed by atoms with van der Waals surface area (Å²) in [7, 11) is 1.54. The number of methoxy groups -OCH3 is 1. The summed E-state index contributed by atoms with van der Waals surface area (Å²) in [5.41, 5.74) is 2.92. The van der Waals surface area contributed by atoms with Gasteiger partial charge in [-0.3, -0.25) is 9.69 Å². The Balaban J connectivity index is 1.77. The first-order valence-corrected chi connectivity index (χ1v) is 10.4. The Bertz CT molecular complexity index is 1020. The third-order valence-electron chi connectivity index (χ3n) is 4.55. The minimum absolute atomic E-state index is 0.188. The number of ether oxygens (including phenoxy) is 2. The number of thioether (sulfide) groups is 1. The number of benzene rings is 2. The predicted molar refractivity (Wildman–Crippen MR) is 118 cm³/mol. The third kappa shape index (κ3) is 4.83. The summed E-state index contributed by atoms with van der Waals surface area (Å²) in [5, 5.41) is 11.1. The largest absolute Gasteiger partial charge is 0.548 e. The number of rotatable bonds is 7. The highest BCUT2D eigenvalue weighted by Crippen LogP contribution is 2.35. The number of carboxylic acids is 1. The molecule has 1 saturated heterocycles. The second kappa shape index (κ2) is 9.32. The number of amides is 1. The van der Waals surface area contributed by atoms with Crippen LogP contribution in [-0.2, 0) is 16.2 Å². The minimum Gasteiger partial charge on any atom is -0.548 e. The zero-order valence-electron chi connectivity index (χ0n) is 16.7. The summed E-state index contributed by atoms with van der Waals surface area (Å²) in [6, 6.07) is 12.2. The Hall–Kier alpha value is -2.84. The lowest BCUT2D eigenvalue weighted by Gasteiger charge is -2.23. The Kier molecular flexibility index (Phi) is 6.79. The summed E-state index contributed by atoms with van der Waals surface area (Å²) >= 11 is 6.21. The van der Waals surface area contributed by atoms with E-state index in [0.717, 1.165) is 22.2 Å². The molecule has 0 N–H and O–H groups in total. The second-order valence-electron chi connectivity index (χ2n) is 6.73. The molecule has 0 radical (unpaired) electrons. The third-order valence-corrected chi connectivity index (χ3v) is 5.88. The van der Waals surface area contributed by atoms with E-state index in [-0.39, 0.29) is 4.32 Å². The number of nitrogens with zero attached hydrogens (tertiary/aromatic N) is 1. The number of aryl methyl sites for hydroxylation is 1. The molecule has 1 atom stereocenters. The summed E-state index contributed by atoms with van der Waals surface area (Å²) in [5.74, 6) is -0.715. The van der Waals surface area contributed by atoms with Crippen LogP contribution < -0.4 is 14.6 Å². The number of aliphatic carboxylic acids is 1. The number of carbonyl (C=O) groups is 2. The van der Waals surface area contributed by atoms with Gasteiger partial charge in [-0.1, -0.05) is 59.9 Å². The molecule has 1 heterocycles. The van der Waals surface area contributed by atoms with Crippen LogP contribution >= 0.6 is 24.0 Å². The fraction of sp³-hybridized carbons (Fsp3) is 0.227. The van der Waals surface area contributed by atoms with Crippen molar-refractivity contribution in [1.29, 1.82) is 0 Å². The molecule has 2 aromatic rings. The van der Waals surface area contributed by atoms with E-state index in [0.29, 0.717) is 28.6 Å². The molecule has 0 aliphatic carbocycles. The van der Waals surface area contributed by atoms with Crippen molar-refractivity contribution in [3.05, 3.63) is 64.1 Å². The van der Waals surface area contributed by atoms with Crippen molar-refractivity contribution < 1.29 is 24.2 Å². The summed E-state index contributed by atoms with van der Waals surface area (Å²) in [6.07, 6.45) is 1.65. The number of carbonyl (C=O) groups excluding carboxylic acids is 2. The van der Waals surface area contributed by atoms with Crippen LogP contribution in [0.5, 0.6) is 11.5 Å². The fourth-order valence-electron chi connectivity index (χ4n) is 2.81. The highest BCUT2D eigenvalue weighted by Gasteiger charge is 2.35. The predicted octanol–water partition coefficient (Wildman–Crippen LogP) is 2.92. The first kappa shape index (κ1) is 21.9. The van der Waals surface area contributed by atoms with Crippen molar-refractivity contribution in [2.45, 2.75) is 26.5 Å². The molecule has 1 aliphatic heterocycles. The zero-order valence-corrected chi connectivity index (χ0v) is 18.3. The maximum Gasteiger partial charge on any atom is 0.266 e. The highest BCUT2D eigenvalue weighted by atomic mass is 32.2. The van der Waals surface area contributed by atoms with Crippen LogP contribution in [0.15, 0.2) is 47.4 Å². The Morgan fingerprint density at radius 3 is 2.57 bits per heavy atom. The zero-order chi connectivity index (χ0) is 21.8. The van der Waals surface area contributed by atoms with Gasteiger partial charge in [0.1, 0.15) is 10.9 Å². The average molecular weight is 443 g/mol. The van der Waals surface area contributed by atoms with Gasteiger partial charge < -0.3 is 19.4 Å². The number of carboxylic acid groups (broad SMARTS) is 1. The van der Waals surface area contributed by atoms with Crippen LogP contribution in [-0.4, -0.2) is 34.2 Å². The first-order chi connectivity index (χ1) is 14.3. The van der Waals surface area contributed by atoms with E-state index in [4.69, 9.17) is 21.7 Å². The molecule has 1 amide bonds. The molecule has 0 aromatic heterocycles. The molecule has 6 nitrogen and oxygen atoms in total. The van der Waals surface area contributed by atoms with E-state index in [9.17, 15) is 14.7 Å². The van der Waals surface area contributed by atoms with Crippen molar-refractivity contribution in [3.63, 3.8) is 0 Å². The van der Waals surface area contributed by atoms with Crippen LogP contribution in [0.4, 0.5) is 0 Å². The van der Waals surface area contributed by atoms with Crippen molar-refractivity contribution >= 4 is 46.3 Å². The van der Waals surface area contributed by atoms with Crippen molar-refractivity contribution in [2.75, 3.05) is 7.11 Å². The molecular formula is C22H20NO5S2-. The molecular weight excluding hydrogens is 422 g/mol. The van der Waals surface area contributed by atoms with Crippen LogP contribution in [0.1, 0.15) is 23.6 Å². The van der Waals surface area contributed by atoms with Gasteiger partial charge in [0.05, 0.1) is 24.0 Å². The quantitative estimate of drug-likeness (QED) is 0.482. The van der Waals surface area contributed by atoms with Gasteiger partial charge >= 0.3 is 0 Å². The van der Waals surface area contributed by atoms with Gasteiger partial charge in [-0.25, -0.2) is 0 Å². The average Bonchev–Trinajstić information content (AvgIpc) is 3.00. The topological polar surface area (TPSA) is 78.9 Å². The molecule has 8 heteroatoms. The normalized spacial score (nSPS) is 16.1. The lowest BCUT2D eigenvalue weighted by Crippen LogP contribution is -2.48. The molecule has 3 rings (SSSR count). The van der Waals surface area contributed by atoms with E-state index in [2.05, 4.69) is 0 Å². The van der Waals surface area contributed by atoms with Gasteiger partial charge in [0.15, 0.2) is 11.5 Å². The second-order valence-corrected chi connectivity index (χ2v) is 8.41. The number of thiocarbonyl (C=S) groups is 1. The van der Waals surface area contributed by atoms with Crippen molar-refractivity contribution in [3.8, 4) is 11.5 Å². The molecule has 30 heavy (non-hydrogen) atoms. The van der Waals surface area contributed by atoms with Crippen LogP contribution in [0.2, 0.25) is 0 Å². The smallest absolute Gasteiger partial charge is 0.266 e. The molecule has 0 saturated carbocycles. The lowest BCUT2D eigenvalue weighted by molar-refractivity contribution is -0.309. The molecule has 0 bridgehead atoms. The Morgan fingerprint density at radius 2 is 1.93 bits per heavy atom. The van der Waals surface area contributed by atoms with E-state index in [1.165, 1.54) is 12.5 Å². The standard InChI is InChI=1S/C22H21NO5S2/c1-13-4-6-15(7-5-13)12-28-17-9-8-16(10-18(17)27-3)11-19-20(24)23(22(29)30-19)14(2)21(25)26/h4-11,14H,12H2,1-3H3,(H,25,26)/p-1. The van der Waals surface area contributed by atoms with Crippen molar-refractivity contribution in [1.82, 2.24) is 4.90 Å². The molecule has 1 aliphatic rings. The van der Waals surface area contributed by atoms with Crippen LogP contribution in [0.3, 0.4) is 0 Å². The summed E-state index contributed by atoms with van der Waals surface area (Å²) < 4.78 is 11.5. The maximum absolute atomic E-state index is 12.6. The van der Waals surface area contributed by atoms with E-state index < -0.39 is 17.9 Å². The monoisotopic (exact) mass is 442 g/mol. The van der Waals surface area contributed by atoms with Crippen LogP contribution in [0, 0.1) is 6.92 Å². The maximum atomic E-state index is 12.6. The number of hydrogen-bond acceptors (Lipinski definition) is 7. The minimum atomic E-state index is -1.36. The van der Waals surface area contributed by atoms with Gasteiger partial charge in [-0.2, -0.15) is 0 Å². The highest BCUT2D eigenvalue weighted by molar-refractivity contribution is 8.26. The first-order valence-electron chi connectivity index (χ1n) is 9.14. The van der Waals surface area contributed by atoms with Gasteiger partial charge in [-0.05, 0) is 43.2 Å². The molecule has 156 valence electrons. The fourth-order valence-corrected chi connectivity index (χ4v) is 4.23. The lowest BCUT2D eigenvalue weighted by atomic mass is 10.1. The van der Waals surface area contributed by atoms with E-state index >= 15 is 0 Å². The van der Waals surface area contributed by atoms with Gasteiger partial charge in [0.2, 0.25) is 0 Å². The van der Waals surface area contributed by atoms with Gasteiger partial charge in [0, 0.05) is 0 Å². The number of hydrogen-bond donors (Lipinski definition) is 0. The van der Waals surface area contributed by atoms with E-state index in [1.807, 2.05) is 31.2 Å². The molecule has 2 aromatic carbocycles. The van der Waals surface area contributed by atoms with E-state index in [1.54, 1.807) is 31.4 Å². The molecule has 1 fully saturated rings.